The number of rotatable bonds is 18. The minimum atomic E-state index is -4.12. The van der Waals surface area contributed by atoms with Gasteiger partial charge in [0.15, 0.2) is 0 Å². The van der Waals surface area contributed by atoms with Crippen molar-refractivity contribution in [3.8, 4) is 0 Å². The van der Waals surface area contributed by atoms with Gasteiger partial charge in [-0.25, -0.2) is 8.42 Å². The van der Waals surface area contributed by atoms with Gasteiger partial charge in [-0.15, -0.1) is 0 Å². The fourth-order valence-corrected chi connectivity index (χ4v) is 3.29. The molecule has 7 heteroatoms. The summed E-state index contributed by atoms with van der Waals surface area (Å²) in [5.41, 5.74) is 0. The molecular formula is C18H39NO5S. The van der Waals surface area contributed by atoms with E-state index in [-0.39, 0.29) is 5.75 Å². The van der Waals surface area contributed by atoms with Gasteiger partial charge in [-0.2, -0.15) is 0 Å². The highest BCUT2D eigenvalue weighted by Gasteiger charge is 2.21. The number of likely N-dealkylation sites (N-methyl/N-ethyl adjacent to an activating group) is 1. The van der Waals surface area contributed by atoms with Gasteiger partial charge in [0, 0.05) is 18.8 Å². The first-order valence-electron chi connectivity index (χ1n) is 9.75. The van der Waals surface area contributed by atoms with E-state index >= 15 is 0 Å². The Kier molecular flexibility index (Phi) is 14.8. The van der Waals surface area contributed by atoms with E-state index in [9.17, 15) is 13.0 Å². The van der Waals surface area contributed by atoms with E-state index in [0.717, 1.165) is 37.0 Å². The molecule has 0 aromatic carbocycles. The summed E-state index contributed by atoms with van der Waals surface area (Å²) in [6.07, 6.45) is 7.48. The molecule has 152 valence electrons. The lowest BCUT2D eigenvalue weighted by atomic mass is 10.1. The third-order valence-electron chi connectivity index (χ3n) is 4.39. The van der Waals surface area contributed by atoms with E-state index in [1.54, 1.807) is 0 Å². The molecule has 0 aliphatic carbocycles. The number of unbranched alkanes of at least 4 members (excludes halogenated alkanes) is 4. The summed E-state index contributed by atoms with van der Waals surface area (Å²) in [7, 11) is -1.99. The number of quaternary nitrogens is 1. The Morgan fingerprint density at radius 2 is 1.36 bits per heavy atom. The van der Waals surface area contributed by atoms with Crippen LogP contribution in [0.1, 0.15) is 58.8 Å². The van der Waals surface area contributed by atoms with E-state index in [0.29, 0.717) is 32.8 Å². The van der Waals surface area contributed by atoms with E-state index in [4.69, 9.17) is 9.47 Å². The van der Waals surface area contributed by atoms with Crippen molar-refractivity contribution in [1.29, 1.82) is 0 Å². The van der Waals surface area contributed by atoms with Crippen LogP contribution in [0.4, 0.5) is 0 Å². The van der Waals surface area contributed by atoms with Gasteiger partial charge in [0.1, 0.15) is 6.54 Å². The zero-order chi connectivity index (χ0) is 19.0. The van der Waals surface area contributed by atoms with Crippen LogP contribution in [0.3, 0.4) is 0 Å². The lowest BCUT2D eigenvalue weighted by molar-refractivity contribution is -0.910. The Bertz CT molecular complexity index is 402. The largest absolute Gasteiger partial charge is 0.748 e. The molecule has 6 nitrogen and oxygen atoms in total. The van der Waals surface area contributed by atoms with Crippen molar-refractivity contribution >= 4 is 10.1 Å². The van der Waals surface area contributed by atoms with Crippen molar-refractivity contribution in [3.63, 3.8) is 0 Å². The molecule has 0 N–H and O–H groups in total. The summed E-state index contributed by atoms with van der Waals surface area (Å²) in [6, 6.07) is 0. The monoisotopic (exact) mass is 381 g/mol. The summed E-state index contributed by atoms with van der Waals surface area (Å²) in [5, 5.41) is 0. The Labute approximate surface area is 155 Å². The van der Waals surface area contributed by atoms with Crippen molar-refractivity contribution in [2.24, 2.45) is 0 Å². The maximum atomic E-state index is 10.8. The molecule has 0 spiro atoms. The molecule has 1 unspecified atom stereocenters. The Balaban J connectivity index is 4.16. The molecule has 0 bridgehead atoms. The van der Waals surface area contributed by atoms with Gasteiger partial charge in [0.05, 0.1) is 50.1 Å². The molecule has 0 amide bonds. The van der Waals surface area contributed by atoms with E-state index in [2.05, 4.69) is 20.9 Å². The van der Waals surface area contributed by atoms with Crippen molar-refractivity contribution in [1.82, 2.24) is 0 Å². The maximum Gasteiger partial charge on any atom is 0.102 e. The van der Waals surface area contributed by atoms with Crippen LogP contribution in [0.25, 0.3) is 0 Å². The molecule has 0 aliphatic rings. The molecule has 0 saturated carbocycles. The molecule has 0 fully saturated rings. The number of hydrogen-bond acceptors (Lipinski definition) is 5. The second-order valence-corrected chi connectivity index (χ2v) is 8.57. The lowest BCUT2D eigenvalue weighted by Gasteiger charge is -2.35. The summed E-state index contributed by atoms with van der Waals surface area (Å²) in [6.45, 7) is 9.40. The fraction of sp³-hybridized carbons (Fsp3) is 1.00. The normalized spacial score (nSPS) is 14.6. The number of ether oxygens (including phenoxy) is 2. The Morgan fingerprint density at radius 3 is 1.96 bits per heavy atom. The van der Waals surface area contributed by atoms with E-state index in [1.165, 1.54) is 25.7 Å². The highest BCUT2D eigenvalue weighted by Crippen LogP contribution is 2.11. The molecule has 0 aromatic rings. The van der Waals surface area contributed by atoms with Crippen molar-refractivity contribution in [2.45, 2.75) is 58.8 Å². The molecule has 0 aliphatic heterocycles. The van der Waals surface area contributed by atoms with Gasteiger partial charge in [-0.05, 0) is 19.3 Å². The van der Waals surface area contributed by atoms with Crippen LogP contribution in [0.15, 0.2) is 0 Å². The van der Waals surface area contributed by atoms with Crippen LogP contribution in [-0.4, -0.2) is 76.3 Å². The summed E-state index contributed by atoms with van der Waals surface area (Å²) in [4.78, 5) is 0. The second-order valence-electron chi connectivity index (χ2n) is 7.04. The average molecular weight is 382 g/mol. The molecule has 0 saturated heterocycles. The zero-order valence-corrected chi connectivity index (χ0v) is 17.3. The molecule has 0 rings (SSSR count). The molecule has 0 radical (unpaired) electrons. The van der Waals surface area contributed by atoms with E-state index < -0.39 is 10.1 Å². The highest BCUT2D eigenvalue weighted by molar-refractivity contribution is 7.85. The van der Waals surface area contributed by atoms with Crippen LogP contribution in [0.5, 0.6) is 0 Å². The van der Waals surface area contributed by atoms with Crippen LogP contribution >= 0.6 is 0 Å². The lowest BCUT2D eigenvalue weighted by Crippen LogP contribution is -2.48. The first-order chi connectivity index (χ1) is 11.8. The summed E-state index contributed by atoms with van der Waals surface area (Å²) < 4.78 is 44.3. The van der Waals surface area contributed by atoms with Gasteiger partial charge in [-0.1, -0.05) is 33.1 Å². The minimum absolute atomic E-state index is 0.275. The van der Waals surface area contributed by atoms with E-state index in [1.807, 2.05) is 0 Å². The van der Waals surface area contributed by atoms with Gasteiger partial charge < -0.3 is 18.5 Å². The minimum Gasteiger partial charge on any atom is -0.748 e. The standard InChI is InChI=1S/C18H39NO5S/c1-4-6-7-8-9-11-19(3,12-10-18-25(20,21)22)13-15-24-17-16-23-14-5-2/h4-18H2,1-3H3. The molecular weight excluding hydrogens is 342 g/mol. The van der Waals surface area contributed by atoms with Crippen LogP contribution in [0, 0.1) is 0 Å². The van der Waals surface area contributed by atoms with Gasteiger partial charge in [0.25, 0.3) is 0 Å². The van der Waals surface area contributed by atoms with Crippen LogP contribution in [0.2, 0.25) is 0 Å². The fourth-order valence-electron chi connectivity index (χ4n) is 2.81. The highest BCUT2D eigenvalue weighted by atomic mass is 32.2. The van der Waals surface area contributed by atoms with Crippen LogP contribution < -0.4 is 0 Å². The molecule has 25 heavy (non-hydrogen) atoms. The molecule has 0 aromatic heterocycles. The SMILES string of the molecule is CCCCCCC[N+](C)(CCCS(=O)(=O)[O-])CCOCCOCCC. The Hall–Kier alpha value is -0.210. The van der Waals surface area contributed by atoms with Crippen molar-refractivity contribution in [3.05, 3.63) is 0 Å². The second kappa shape index (κ2) is 14.9. The smallest absolute Gasteiger partial charge is 0.102 e. The first kappa shape index (κ1) is 24.8. The zero-order valence-electron chi connectivity index (χ0n) is 16.5. The van der Waals surface area contributed by atoms with Crippen molar-refractivity contribution in [2.75, 3.05) is 58.9 Å². The Morgan fingerprint density at radius 1 is 0.760 bits per heavy atom. The third-order valence-corrected chi connectivity index (χ3v) is 5.18. The van der Waals surface area contributed by atoms with Crippen LogP contribution in [-0.2, 0) is 19.6 Å². The predicted octanol–water partition coefficient (Wildman–Crippen LogP) is 2.78. The quantitative estimate of drug-likeness (QED) is 0.207. The predicted molar refractivity (Wildman–Crippen MR) is 101 cm³/mol. The maximum absolute atomic E-state index is 10.8. The molecule has 1 atom stereocenters. The third kappa shape index (κ3) is 17.0. The first-order valence-corrected chi connectivity index (χ1v) is 11.3. The van der Waals surface area contributed by atoms with Gasteiger partial charge >= 0.3 is 0 Å². The van der Waals surface area contributed by atoms with Crippen molar-refractivity contribution < 1.29 is 26.9 Å². The van der Waals surface area contributed by atoms with Gasteiger partial charge in [-0.3, -0.25) is 0 Å². The topological polar surface area (TPSA) is 75.7 Å². The van der Waals surface area contributed by atoms with Gasteiger partial charge in [0.2, 0.25) is 0 Å². The summed E-state index contributed by atoms with van der Waals surface area (Å²) in [5.74, 6) is -0.275. The number of nitrogens with zero attached hydrogens (tertiary/aromatic N) is 1. The number of hydrogen-bond donors (Lipinski definition) is 0. The summed E-state index contributed by atoms with van der Waals surface area (Å²) >= 11 is 0. The average Bonchev–Trinajstić information content (AvgIpc) is 2.53. The molecule has 0 heterocycles.